The molecule has 0 saturated carbocycles. The fourth-order valence-electron chi connectivity index (χ4n) is 1.68. The Hall–Kier alpha value is -0.540. The predicted molar refractivity (Wildman–Crippen MR) is 57.8 cm³/mol. The minimum atomic E-state index is 0.0197. The molecule has 3 nitrogen and oxygen atoms in total. The van der Waals surface area contributed by atoms with Gasteiger partial charge in [0.25, 0.3) is 0 Å². The van der Waals surface area contributed by atoms with Gasteiger partial charge >= 0.3 is 0 Å². The molecule has 0 N–H and O–H groups in total. The Balaban J connectivity index is 2.92. The molecule has 80 valence electrons. The molecule has 0 bridgehead atoms. The van der Waals surface area contributed by atoms with E-state index in [1.807, 2.05) is 25.5 Å². The number of aryl methyl sites for hydroxylation is 1. The molecule has 0 radical (unpaired) electrons. The van der Waals surface area contributed by atoms with E-state index in [-0.39, 0.29) is 5.38 Å². The summed E-state index contributed by atoms with van der Waals surface area (Å²) in [6, 6.07) is 0. The molecule has 0 aliphatic carbocycles. The van der Waals surface area contributed by atoms with Crippen molar-refractivity contribution in [2.75, 3.05) is 13.7 Å². The van der Waals surface area contributed by atoms with Crippen LogP contribution in [-0.2, 0) is 11.3 Å². The van der Waals surface area contributed by atoms with Crippen LogP contribution in [0.2, 0.25) is 0 Å². The summed E-state index contributed by atoms with van der Waals surface area (Å²) in [5.41, 5.74) is 3.30. The summed E-state index contributed by atoms with van der Waals surface area (Å²) in [6.45, 7) is 7.47. The third kappa shape index (κ3) is 2.28. The van der Waals surface area contributed by atoms with Crippen molar-refractivity contribution in [3.05, 3.63) is 17.0 Å². The van der Waals surface area contributed by atoms with Crippen molar-refractivity contribution in [1.29, 1.82) is 0 Å². The summed E-state index contributed by atoms with van der Waals surface area (Å²) in [7, 11) is 1.69. The number of hydrogen-bond acceptors (Lipinski definition) is 2. The van der Waals surface area contributed by atoms with Gasteiger partial charge in [0.1, 0.15) is 0 Å². The second-order valence-corrected chi connectivity index (χ2v) is 4.07. The van der Waals surface area contributed by atoms with Crippen LogP contribution in [0.5, 0.6) is 0 Å². The van der Waals surface area contributed by atoms with Gasteiger partial charge in [0.15, 0.2) is 0 Å². The fourth-order valence-corrected chi connectivity index (χ4v) is 2.00. The summed E-state index contributed by atoms with van der Waals surface area (Å²) in [5.74, 6) is 0. The van der Waals surface area contributed by atoms with Crippen molar-refractivity contribution in [1.82, 2.24) is 9.78 Å². The van der Waals surface area contributed by atoms with Gasteiger partial charge in [-0.2, -0.15) is 5.10 Å². The van der Waals surface area contributed by atoms with E-state index in [0.717, 1.165) is 23.5 Å². The second-order valence-electron chi connectivity index (χ2n) is 3.42. The average Bonchev–Trinajstić information content (AvgIpc) is 2.38. The molecular formula is C10H17ClN2O. The number of rotatable bonds is 4. The molecule has 1 aromatic heterocycles. The third-order valence-corrected chi connectivity index (χ3v) is 2.56. The van der Waals surface area contributed by atoms with Crippen molar-refractivity contribution in [3.8, 4) is 0 Å². The molecule has 0 aliphatic rings. The quantitative estimate of drug-likeness (QED) is 0.723. The SMILES string of the molecule is COCCn1nc(C)c(C(C)Cl)c1C. The Labute approximate surface area is 90.0 Å². The Kier molecular flexibility index (Phi) is 3.96. The first-order valence-corrected chi connectivity index (χ1v) is 5.18. The molecule has 0 aromatic carbocycles. The van der Waals surface area contributed by atoms with Crippen molar-refractivity contribution < 1.29 is 4.74 Å². The van der Waals surface area contributed by atoms with Crippen LogP contribution in [-0.4, -0.2) is 23.5 Å². The highest BCUT2D eigenvalue weighted by Gasteiger charge is 2.14. The molecule has 1 aromatic rings. The van der Waals surface area contributed by atoms with Gasteiger partial charge in [0.05, 0.1) is 24.2 Å². The summed E-state index contributed by atoms with van der Waals surface area (Å²) in [4.78, 5) is 0. The Morgan fingerprint density at radius 1 is 1.50 bits per heavy atom. The van der Waals surface area contributed by atoms with Gasteiger partial charge in [-0.15, -0.1) is 11.6 Å². The van der Waals surface area contributed by atoms with Crippen molar-refractivity contribution in [2.45, 2.75) is 32.7 Å². The molecule has 0 aliphatic heterocycles. The summed E-state index contributed by atoms with van der Waals surface area (Å²) < 4.78 is 6.97. The van der Waals surface area contributed by atoms with E-state index >= 15 is 0 Å². The highest BCUT2D eigenvalue weighted by Crippen LogP contribution is 2.25. The molecule has 14 heavy (non-hydrogen) atoms. The Bertz CT molecular complexity index is 307. The molecule has 1 atom stereocenters. The molecule has 1 heterocycles. The number of nitrogens with zero attached hydrogens (tertiary/aromatic N) is 2. The van der Waals surface area contributed by atoms with E-state index in [2.05, 4.69) is 5.10 Å². The first-order chi connectivity index (χ1) is 6.57. The van der Waals surface area contributed by atoms with Gasteiger partial charge in [0.2, 0.25) is 0 Å². The van der Waals surface area contributed by atoms with Crippen molar-refractivity contribution >= 4 is 11.6 Å². The smallest absolute Gasteiger partial charge is 0.0658 e. The largest absolute Gasteiger partial charge is 0.383 e. The summed E-state index contributed by atoms with van der Waals surface area (Å²) in [5, 5.41) is 4.44. The third-order valence-electron chi connectivity index (χ3n) is 2.34. The standard InChI is InChI=1S/C10H17ClN2O/c1-7(11)10-8(2)12-13(9(10)3)5-6-14-4/h7H,5-6H2,1-4H3. The number of halogens is 1. The van der Waals surface area contributed by atoms with Crippen LogP contribution in [0.25, 0.3) is 0 Å². The molecular weight excluding hydrogens is 200 g/mol. The van der Waals surface area contributed by atoms with Gasteiger partial charge in [0, 0.05) is 18.4 Å². The Morgan fingerprint density at radius 3 is 2.57 bits per heavy atom. The van der Waals surface area contributed by atoms with Gasteiger partial charge in [-0.25, -0.2) is 0 Å². The second kappa shape index (κ2) is 4.80. The van der Waals surface area contributed by atoms with E-state index in [1.54, 1.807) is 7.11 Å². The lowest BCUT2D eigenvalue weighted by molar-refractivity contribution is 0.182. The summed E-state index contributed by atoms with van der Waals surface area (Å²) >= 11 is 6.08. The maximum Gasteiger partial charge on any atom is 0.0658 e. The van der Waals surface area contributed by atoms with Crippen LogP contribution < -0.4 is 0 Å². The van der Waals surface area contributed by atoms with E-state index in [0.29, 0.717) is 6.61 Å². The molecule has 0 fully saturated rings. The zero-order valence-corrected chi connectivity index (χ0v) is 9.93. The fraction of sp³-hybridized carbons (Fsp3) is 0.700. The van der Waals surface area contributed by atoms with Crippen LogP contribution in [0.15, 0.2) is 0 Å². The predicted octanol–water partition coefficient (Wildman–Crippen LogP) is 2.45. The lowest BCUT2D eigenvalue weighted by atomic mass is 10.1. The molecule has 0 amide bonds. The number of methoxy groups -OCH3 is 1. The molecule has 0 saturated heterocycles. The van der Waals surface area contributed by atoms with Crippen molar-refractivity contribution in [2.24, 2.45) is 0 Å². The zero-order valence-electron chi connectivity index (χ0n) is 9.17. The Morgan fingerprint density at radius 2 is 2.14 bits per heavy atom. The van der Waals surface area contributed by atoms with Crippen molar-refractivity contribution in [3.63, 3.8) is 0 Å². The lowest BCUT2D eigenvalue weighted by Crippen LogP contribution is -2.07. The number of alkyl halides is 1. The van der Waals surface area contributed by atoms with Crippen LogP contribution in [0.3, 0.4) is 0 Å². The van der Waals surface area contributed by atoms with E-state index in [1.165, 1.54) is 0 Å². The zero-order chi connectivity index (χ0) is 10.7. The van der Waals surface area contributed by atoms with Crippen LogP contribution >= 0.6 is 11.6 Å². The van der Waals surface area contributed by atoms with Crippen LogP contribution in [0.4, 0.5) is 0 Å². The van der Waals surface area contributed by atoms with E-state index < -0.39 is 0 Å². The molecule has 4 heteroatoms. The first-order valence-electron chi connectivity index (χ1n) is 4.74. The highest BCUT2D eigenvalue weighted by atomic mass is 35.5. The van der Waals surface area contributed by atoms with Crippen LogP contribution in [0, 0.1) is 13.8 Å². The van der Waals surface area contributed by atoms with Gasteiger partial charge in [-0.3, -0.25) is 4.68 Å². The van der Waals surface area contributed by atoms with Gasteiger partial charge in [-0.05, 0) is 20.8 Å². The average molecular weight is 217 g/mol. The van der Waals surface area contributed by atoms with Crippen LogP contribution in [0.1, 0.15) is 29.3 Å². The lowest BCUT2D eigenvalue weighted by Gasteiger charge is -2.05. The first kappa shape index (κ1) is 11.5. The number of aromatic nitrogens is 2. The monoisotopic (exact) mass is 216 g/mol. The normalized spacial score (nSPS) is 13.2. The number of ether oxygens (including phenoxy) is 1. The van der Waals surface area contributed by atoms with Gasteiger partial charge < -0.3 is 4.74 Å². The van der Waals surface area contributed by atoms with E-state index in [4.69, 9.17) is 16.3 Å². The molecule has 1 rings (SSSR count). The highest BCUT2D eigenvalue weighted by molar-refractivity contribution is 6.20. The minimum Gasteiger partial charge on any atom is -0.383 e. The maximum atomic E-state index is 6.08. The minimum absolute atomic E-state index is 0.0197. The summed E-state index contributed by atoms with van der Waals surface area (Å²) in [6.07, 6.45) is 0. The number of hydrogen-bond donors (Lipinski definition) is 0. The topological polar surface area (TPSA) is 27.1 Å². The maximum absolute atomic E-state index is 6.08. The van der Waals surface area contributed by atoms with E-state index in [9.17, 15) is 0 Å². The van der Waals surface area contributed by atoms with Gasteiger partial charge in [-0.1, -0.05) is 0 Å². The molecule has 1 unspecified atom stereocenters. The molecule has 0 spiro atoms.